The zero-order valence-corrected chi connectivity index (χ0v) is 16.6. The maximum Gasteiger partial charge on any atom is 0.270 e. The van der Waals surface area contributed by atoms with Crippen molar-refractivity contribution < 1.29 is 9.41 Å². The quantitative estimate of drug-likeness (QED) is 0.320. The molecular formula is C20H25N6O2+. The maximum absolute atomic E-state index is 10.8. The molecule has 1 atom stereocenters. The number of non-ortho nitro benzene ring substituents is 1. The SMILES string of the molecule is CC(NCC[N+](C)(C)C)c1ccc(N=Nc2ccc([N+](=O)[O-])cc2C#N)cc1. The zero-order valence-electron chi connectivity index (χ0n) is 16.6. The molecule has 8 nitrogen and oxygen atoms in total. The monoisotopic (exact) mass is 381 g/mol. The number of nitrogens with zero attached hydrogens (tertiary/aromatic N) is 5. The molecule has 0 saturated heterocycles. The fraction of sp³-hybridized carbons (Fsp3) is 0.350. The molecule has 1 unspecified atom stereocenters. The number of hydrogen-bond donors (Lipinski definition) is 1. The summed E-state index contributed by atoms with van der Waals surface area (Å²) >= 11 is 0. The Morgan fingerprint density at radius 1 is 1.18 bits per heavy atom. The lowest BCUT2D eigenvalue weighted by Crippen LogP contribution is -2.40. The minimum atomic E-state index is -0.545. The highest BCUT2D eigenvalue weighted by molar-refractivity contribution is 5.58. The Labute approximate surface area is 164 Å². The molecule has 2 aromatic rings. The summed E-state index contributed by atoms with van der Waals surface area (Å²) < 4.78 is 0.909. The topological polar surface area (TPSA) is 104 Å². The standard InChI is InChI=1S/C20H25N6O2/c1-15(22-11-12-26(2,3)4)16-5-7-18(8-6-16)23-24-20-10-9-19(25(27)28)13-17(20)14-21/h5-10,13,15,22H,11-12H2,1-4H3/q+1. The van der Waals surface area contributed by atoms with E-state index in [1.54, 1.807) is 0 Å². The molecule has 8 heteroatoms. The summed E-state index contributed by atoms with van der Waals surface area (Å²) in [4.78, 5) is 10.3. The highest BCUT2D eigenvalue weighted by Crippen LogP contribution is 2.26. The molecule has 0 aromatic heterocycles. The van der Waals surface area contributed by atoms with E-state index in [1.807, 2.05) is 30.3 Å². The fourth-order valence-corrected chi connectivity index (χ4v) is 2.49. The lowest BCUT2D eigenvalue weighted by Gasteiger charge is -2.25. The van der Waals surface area contributed by atoms with Crippen LogP contribution in [-0.4, -0.2) is 43.6 Å². The fourth-order valence-electron chi connectivity index (χ4n) is 2.49. The van der Waals surface area contributed by atoms with Crippen molar-refractivity contribution in [1.82, 2.24) is 5.32 Å². The minimum absolute atomic E-state index is 0.115. The number of nitro groups is 1. The number of rotatable bonds is 8. The molecule has 0 fully saturated rings. The van der Waals surface area contributed by atoms with Crippen LogP contribution in [0.3, 0.4) is 0 Å². The number of likely N-dealkylation sites (N-methyl/N-ethyl adjacent to an activating group) is 1. The second kappa shape index (κ2) is 9.17. The number of nitrogens with one attached hydrogen (secondary N) is 1. The number of nitro benzene ring substituents is 1. The average molecular weight is 381 g/mol. The molecule has 0 spiro atoms. The van der Waals surface area contributed by atoms with Crippen molar-refractivity contribution in [2.24, 2.45) is 10.2 Å². The van der Waals surface area contributed by atoms with E-state index in [2.05, 4.69) is 43.6 Å². The number of benzene rings is 2. The third-order valence-electron chi connectivity index (χ3n) is 4.21. The first-order chi connectivity index (χ1) is 13.2. The number of azo groups is 1. The Hall–Kier alpha value is -3.15. The van der Waals surface area contributed by atoms with Gasteiger partial charge in [0.25, 0.3) is 5.69 Å². The highest BCUT2D eigenvalue weighted by Gasteiger charge is 2.11. The van der Waals surface area contributed by atoms with Gasteiger partial charge in [0.15, 0.2) is 0 Å². The van der Waals surface area contributed by atoms with Gasteiger partial charge in [-0.1, -0.05) is 12.1 Å². The van der Waals surface area contributed by atoms with Gasteiger partial charge in [0, 0.05) is 24.7 Å². The molecule has 0 aliphatic carbocycles. The minimum Gasteiger partial charge on any atom is -0.330 e. The second-order valence-corrected chi connectivity index (χ2v) is 7.55. The van der Waals surface area contributed by atoms with Gasteiger partial charge in [-0.2, -0.15) is 10.4 Å². The van der Waals surface area contributed by atoms with E-state index in [-0.39, 0.29) is 17.3 Å². The third-order valence-corrected chi connectivity index (χ3v) is 4.21. The molecule has 2 rings (SSSR count). The van der Waals surface area contributed by atoms with Gasteiger partial charge in [-0.15, -0.1) is 5.11 Å². The number of quaternary nitrogens is 1. The average Bonchev–Trinajstić information content (AvgIpc) is 2.65. The largest absolute Gasteiger partial charge is 0.330 e. The van der Waals surface area contributed by atoms with Gasteiger partial charge in [-0.3, -0.25) is 10.1 Å². The van der Waals surface area contributed by atoms with Crippen molar-refractivity contribution in [3.05, 3.63) is 63.7 Å². The van der Waals surface area contributed by atoms with Gasteiger partial charge in [0.2, 0.25) is 0 Å². The van der Waals surface area contributed by atoms with Gasteiger partial charge in [0.05, 0.1) is 43.9 Å². The Balaban J connectivity index is 2.04. The zero-order chi connectivity index (χ0) is 20.7. The van der Waals surface area contributed by atoms with Crippen LogP contribution in [0.4, 0.5) is 17.1 Å². The molecule has 28 heavy (non-hydrogen) atoms. The van der Waals surface area contributed by atoms with E-state index in [4.69, 9.17) is 5.26 Å². The van der Waals surface area contributed by atoms with Crippen molar-refractivity contribution in [2.45, 2.75) is 13.0 Å². The summed E-state index contributed by atoms with van der Waals surface area (Å²) in [5.41, 5.74) is 2.06. The first kappa shape index (κ1) is 21.2. The smallest absolute Gasteiger partial charge is 0.270 e. The summed E-state index contributed by atoms with van der Waals surface area (Å²) in [6.07, 6.45) is 0. The Morgan fingerprint density at radius 3 is 2.43 bits per heavy atom. The van der Waals surface area contributed by atoms with Gasteiger partial charge < -0.3 is 9.80 Å². The van der Waals surface area contributed by atoms with Crippen LogP contribution in [0.25, 0.3) is 0 Å². The van der Waals surface area contributed by atoms with Gasteiger partial charge in [-0.25, -0.2) is 0 Å². The van der Waals surface area contributed by atoms with Crippen LogP contribution >= 0.6 is 0 Å². The molecule has 0 bridgehead atoms. The van der Waals surface area contributed by atoms with Crippen molar-refractivity contribution in [3.63, 3.8) is 0 Å². The summed E-state index contributed by atoms with van der Waals surface area (Å²) in [7, 11) is 6.48. The van der Waals surface area contributed by atoms with Crippen LogP contribution in [-0.2, 0) is 0 Å². The van der Waals surface area contributed by atoms with Crippen LogP contribution in [0.15, 0.2) is 52.7 Å². The van der Waals surface area contributed by atoms with Crippen LogP contribution in [0.1, 0.15) is 24.1 Å². The molecule has 1 N–H and O–H groups in total. The summed E-state index contributed by atoms with van der Waals surface area (Å²) in [6.45, 7) is 4.07. The third kappa shape index (κ3) is 6.23. The van der Waals surface area contributed by atoms with Crippen molar-refractivity contribution in [1.29, 1.82) is 5.26 Å². The van der Waals surface area contributed by atoms with Crippen LogP contribution < -0.4 is 5.32 Å². The van der Waals surface area contributed by atoms with E-state index < -0.39 is 4.92 Å². The van der Waals surface area contributed by atoms with Gasteiger partial charge >= 0.3 is 0 Å². The maximum atomic E-state index is 10.8. The Morgan fingerprint density at radius 2 is 1.86 bits per heavy atom. The first-order valence-electron chi connectivity index (χ1n) is 8.94. The predicted octanol–water partition coefficient (Wildman–Crippen LogP) is 4.24. The molecule has 0 saturated carbocycles. The molecule has 0 aliphatic rings. The first-order valence-corrected chi connectivity index (χ1v) is 8.94. The van der Waals surface area contributed by atoms with Crippen molar-refractivity contribution in [3.8, 4) is 6.07 Å². The molecule has 0 radical (unpaired) electrons. The number of nitriles is 1. The lowest BCUT2D eigenvalue weighted by molar-refractivity contribution is -0.869. The van der Waals surface area contributed by atoms with E-state index in [0.717, 1.165) is 23.1 Å². The summed E-state index contributed by atoms with van der Waals surface area (Å²) in [5, 5.41) is 31.7. The lowest BCUT2D eigenvalue weighted by atomic mass is 10.1. The normalized spacial score (nSPS) is 12.7. The summed E-state index contributed by atoms with van der Waals surface area (Å²) in [5.74, 6) is 0. The molecule has 0 heterocycles. The van der Waals surface area contributed by atoms with E-state index >= 15 is 0 Å². The Kier molecular flexibility index (Phi) is 6.93. The van der Waals surface area contributed by atoms with Crippen molar-refractivity contribution >= 4 is 17.1 Å². The molecule has 2 aromatic carbocycles. The molecule has 146 valence electrons. The molecule has 0 aliphatic heterocycles. The van der Waals surface area contributed by atoms with Gasteiger partial charge in [0.1, 0.15) is 11.8 Å². The number of hydrogen-bond acceptors (Lipinski definition) is 6. The highest BCUT2D eigenvalue weighted by atomic mass is 16.6. The van der Waals surface area contributed by atoms with E-state index in [0.29, 0.717) is 11.4 Å². The van der Waals surface area contributed by atoms with Crippen LogP contribution in [0, 0.1) is 21.4 Å². The predicted molar refractivity (Wildman–Crippen MR) is 108 cm³/mol. The van der Waals surface area contributed by atoms with E-state index in [9.17, 15) is 10.1 Å². The van der Waals surface area contributed by atoms with E-state index in [1.165, 1.54) is 18.2 Å². The Bertz CT molecular complexity index is 894. The second-order valence-electron chi connectivity index (χ2n) is 7.55. The van der Waals surface area contributed by atoms with Gasteiger partial charge in [-0.05, 0) is 30.7 Å². The van der Waals surface area contributed by atoms with Crippen molar-refractivity contribution in [2.75, 3.05) is 34.2 Å². The molecule has 0 amide bonds. The molecular weight excluding hydrogens is 356 g/mol. The summed E-state index contributed by atoms with van der Waals surface area (Å²) in [6, 6.07) is 13.7. The van der Waals surface area contributed by atoms with Crippen LogP contribution in [0.5, 0.6) is 0 Å². The van der Waals surface area contributed by atoms with Crippen LogP contribution in [0.2, 0.25) is 0 Å².